The highest BCUT2D eigenvalue weighted by molar-refractivity contribution is 7.19. The fourth-order valence-electron chi connectivity index (χ4n) is 5.36. The largest absolute Gasteiger partial charge is 0.490 e. The molecule has 0 aliphatic carbocycles. The van der Waals surface area contributed by atoms with Gasteiger partial charge in [0, 0.05) is 38.8 Å². The van der Waals surface area contributed by atoms with E-state index in [9.17, 15) is 5.11 Å². The van der Waals surface area contributed by atoms with Crippen molar-refractivity contribution >= 4 is 44.3 Å². The number of hydrogen-bond donors (Lipinski definition) is 4. The third kappa shape index (κ3) is 6.98. The van der Waals surface area contributed by atoms with Crippen LogP contribution in [0.15, 0.2) is 42.5 Å². The number of aliphatic carboxylic acids is 2. The topological polar surface area (TPSA) is 123 Å². The maximum Gasteiger partial charge on any atom is 0.414 e. The molecular formula is C30H36N2O6S. The van der Waals surface area contributed by atoms with E-state index in [1.807, 2.05) is 30.4 Å². The number of H-pyrrole nitrogens is 1. The van der Waals surface area contributed by atoms with Gasteiger partial charge >= 0.3 is 11.9 Å². The lowest BCUT2D eigenvalue weighted by Crippen LogP contribution is -2.45. The van der Waals surface area contributed by atoms with E-state index < -0.39 is 18.0 Å². The number of carboxylic acid groups (broad SMARTS) is 2. The highest BCUT2D eigenvalue weighted by Crippen LogP contribution is 2.39. The summed E-state index contributed by atoms with van der Waals surface area (Å²) in [4.78, 5) is 25.5. The summed E-state index contributed by atoms with van der Waals surface area (Å²) in [5.74, 6) is -2.21. The number of aryl methyl sites for hydroxylation is 3. The van der Waals surface area contributed by atoms with Crippen molar-refractivity contribution in [1.29, 1.82) is 0 Å². The van der Waals surface area contributed by atoms with Gasteiger partial charge in [0.25, 0.3) is 0 Å². The number of nitrogens with zero attached hydrogens (tertiary/aromatic N) is 1. The molecule has 4 N–H and O–H groups in total. The minimum atomic E-state index is -1.82. The first kappa shape index (κ1) is 28.6. The van der Waals surface area contributed by atoms with E-state index in [1.165, 1.54) is 26.1 Å². The molecule has 9 heteroatoms. The molecular weight excluding hydrogens is 516 g/mol. The zero-order valence-corrected chi connectivity index (χ0v) is 23.5. The van der Waals surface area contributed by atoms with Gasteiger partial charge in [-0.3, -0.25) is 4.90 Å². The van der Waals surface area contributed by atoms with E-state index in [0.717, 1.165) is 41.7 Å². The molecule has 3 unspecified atom stereocenters. The van der Waals surface area contributed by atoms with E-state index in [4.69, 9.17) is 24.5 Å². The van der Waals surface area contributed by atoms with Crippen LogP contribution in [-0.4, -0.2) is 69.0 Å². The molecule has 1 fully saturated rings. The van der Waals surface area contributed by atoms with Crippen molar-refractivity contribution in [2.75, 3.05) is 19.7 Å². The number of thiophene rings is 1. The molecule has 3 heterocycles. The fraction of sp³-hybridized carbons (Fsp3) is 0.400. The lowest BCUT2D eigenvalue weighted by atomic mass is 9.89. The lowest BCUT2D eigenvalue weighted by molar-refractivity contribution is -0.159. The minimum absolute atomic E-state index is 0.310. The molecule has 1 aliphatic heterocycles. The summed E-state index contributed by atoms with van der Waals surface area (Å²) in [6.07, 6.45) is 1.78. The standard InChI is InChI=1S/C28H34N2O2S.C2H2O4/c1-17-10-18(2)23-14-27(33-28(23)11-17)21-8-9-30(20(4)13-21)15-22(31)16-32-26-7-5-6-25-24(26)12-19(3)29-25;3-1(4)2(5)6/h5-7,10-12,14,20-22,29,31H,8-9,13,15-16H2,1-4H3;(H,3,4)(H,5,6). The number of carboxylic acids is 2. The van der Waals surface area contributed by atoms with Crippen molar-refractivity contribution in [3.05, 3.63) is 64.2 Å². The van der Waals surface area contributed by atoms with Gasteiger partial charge in [-0.15, -0.1) is 11.3 Å². The molecule has 3 atom stereocenters. The quantitative estimate of drug-likeness (QED) is 0.234. The summed E-state index contributed by atoms with van der Waals surface area (Å²) in [6.45, 7) is 10.7. The van der Waals surface area contributed by atoms with Crippen LogP contribution in [0.3, 0.4) is 0 Å². The van der Waals surface area contributed by atoms with Gasteiger partial charge in [0.1, 0.15) is 18.5 Å². The summed E-state index contributed by atoms with van der Waals surface area (Å²) in [6, 6.07) is 15.6. The van der Waals surface area contributed by atoms with Crippen molar-refractivity contribution in [3.8, 4) is 5.75 Å². The molecule has 2 aromatic heterocycles. The third-order valence-corrected chi connectivity index (χ3v) is 8.49. The van der Waals surface area contributed by atoms with Gasteiger partial charge < -0.3 is 25.0 Å². The number of rotatable bonds is 6. The number of carbonyl (C=O) groups is 2. The molecule has 208 valence electrons. The molecule has 39 heavy (non-hydrogen) atoms. The number of aliphatic hydroxyl groups excluding tert-OH is 1. The molecule has 0 amide bonds. The SMILES string of the molecule is Cc1cc(C)c2cc(C3CCN(CC(O)COc4cccc5[nH]c(C)cc45)C(C)C3)sc2c1.O=C(O)C(=O)O. The smallest absolute Gasteiger partial charge is 0.414 e. The van der Waals surface area contributed by atoms with E-state index in [0.29, 0.717) is 25.1 Å². The van der Waals surface area contributed by atoms with Crippen LogP contribution in [0, 0.1) is 20.8 Å². The summed E-state index contributed by atoms with van der Waals surface area (Å²) >= 11 is 1.97. The number of aliphatic hydroxyl groups is 1. The molecule has 5 rings (SSSR count). The normalized spacial score (nSPS) is 18.5. The Hall–Kier alpha value is -3.40. The number of piperidine rings is 1. The number of ether oxygens (including phenoxy) is 1. The maximum atomic E-state index is 10.7. The molecule has 0 saturated carbocycles. The fourth-order valence-corrected chi connectivity index (χ4v) is 6.75. The van der Waals surface area contributed by atoms with E-state index >= 15 is 0 Å². The second-order valence-electron chi connectivity index (χ2n) is 10.5. The summed E-state index contributed by atoms with van der Waals surface area (Å²) in [5, 5.41) is 28.0. The first-order chi connectivity index (χ1) is 18.5. The number of aromatic amines is 1. The van der Waals surface area contributed by atoms with Crippen LogP contribution in [0.2, 0.25) is 0 Å². The van der Waals surface area contributed by atoms with Crippen molar-refractivity contribution in [3.63, 3.8) is 0 Å². The van der Waals surface area contributed by atoms with E-state index in [1.54, 1.807) is 0 Å². The molecule has 0 radical (unpaired) electrons. The van der Waals surface area contributed by atoms with Crippen LogP contribution in [0.4, 0.5) is 0 Å². The summed E-state index contributed by atoms with van der Waals surface area (Å²) < 4.78 is 7.44. The van der Waals surface area contributed by atoms with Crippen LogP contribution >= 0.6 is 11.3 Å². The first-order valence-corrected chi connectivity index (χ1v) is 13.9. The number of β-amino-alcohol motifs (C(OH)–C–C–N with tert-alkyl or cyclic N) is 1. The Morgan fingerprint density at radius 3 is 2.54 bits per heavy atom. The van der Waals surface area contributed by atoms with E-state index in [2.05, 4.69) is 61.0 Å². The molecule has 8 nitrogen and oxygen atoms in total. The minimum Gasteiger partial charge on any atom is -0.490 e. The van der Waals surface area contributed by atoms with Crippen LogP contribution in [-0.2, 0) is 9.59 Å². The Morgan fingerprint density at radius 1 is 1.10 bits per heavy atom. The second-order valence-corrected chi connectivity index (χ2v) is 11.6. The van der Waals surface area contributed by atoms with E-state index in [-0.39, 0.29) is 0 Å². The Morgan fingerprint density at radius 2 is 1.85 bits per heavy atom. The second kappa shape index (κ2) is 12.2. The Bertz CT molecular complexity index is 1460. The number of aromatic nitrogens is 1. The van der Waals surface area contributed by atoms with Crippen LogP contribution in [0.1, 0.15) is 47.4 Å². The van der Waals surface area contributed by atoms with Gasteiger partial charge in [-0.1, -0.05) is 12.1 Å². The van der Waals surface area contributed by atoms with Crippen LogP contribution in [0.5, 0.6) is 5.75 Å². The van der Waals surface area contributed by atoms with Crippen molar-refractivity contribution in [2.45, 2.75) is 58.6 Å². The van der Waals surface area contributed by atoms with Gasteiger partial charge in [0.15, 0.2) is 0 Å². The summed E-state index contributed by atoms with van der Waals surface area (Å²) in [5.41, 5.74) is 4.91. The van der Waals surface area contributed by atoms with Crippen molar-refractivity contribution < 1.29 is 29.6 Å². The Balaban J connectivity index is 0.000000531. The number of nitrogens with one attached hydrogen (secondary N) is 1. The van der Waals surface area contributed by atoms with Crippen molar-refractivity contribution in [2.24, 2.45) is 0 Å². The van der Waals surface area contributed by atoms with Crippen LogP contribution in [0.25, 0.3) is 21.0 Å². The zero-order valence-electron chi connectivity index (χ0n) is 22.7. The van der Waals surface area contributed by atoms with Gasteiger partial charge in [-0.25, -0.2) is 9.59 Å². The average molecular weight is 553 g/mol. The Labute approximate surface area is 231 Å². The van der Waals surface area contributed by atoms with Gasteiger partial charge in [0.05, 0.1) is 0 Å². The molecule has 4 aromatic rings. The number of benzene rings is 2. The monoisotopic (exact) mass is 552 g/mol. The third-order valence-electron chi connectivity index (χ3n) is 7.24. The first-order valence-electron chi connectivity index (χ1n) is 13.1. The van der Waals surface area contributed by atoms with Gasteiger partial charge in [0.2, 0.25) is 0 Å². The predicted octanol–water partition coefficient (Wildman–Crippen LogP) is 5.47. The number of hydrogen-bond acceptors (Lipinski definition) is 6. The molecule has 0 spiro atoms. The van der Waals surface area contributed by atoms with Crippen LogP contribution < -0.4 is 4.74 Å². The van der Waals surface area contributed by atoms with Gasteiger partial charge in [-0.2, -0.15) is 0 Å². The number of likely N-dealkylation sites (tertiary alicyclic amines) is 1. The molecule has 2 aromatic carbocycles. The zero-order chi connectivity index (χ0) is 28.3. The molecule has 0 bridgehead atoms. The average Bonchev–Trinajstić information content (AvgIpc) is 3.47. The lowest BCUT2D eigenvalue weighted by Gasteiger charge is -2.38. The highest BCUT2D eigenvalue weighted by Gasteiger charge is 2.29. The predicted molar refractivity (Wildman–Crippen MR) is 154 cm³/mol. The maximum absolute atomic E-state index is 10.7. The molecule has 1 saturated heterocycles. The number of fused-ring (bicyclic) bond motifs is 2. The van der Waals surface area contributed by atoms with Gasteiger partial charge in [-0.05, 0) is 99.8 Å². The summed E-state index contributed by atoms with van der Waals surface area (Å²) in [7, 11) is 0. The Kier molecular flexibility index (Phi) is 8.94. The van der Waals surface area contributed by atoms with Crippen molar-refractivity contribution in [1.82, 2.24) is 9.88 Å². The highest BCUT2D eigenvalue weighted by atomic mass is 32.1. The molecule has 1 aliphatic rings.